The van der Waals surface area contributed by atoms with Crippen molar-refractivity contribution in [3.8, 4) is 5.75 Å². The zero-order valence-electron chi connectivity index (χ0n) is 16.9. The van der Waals surface area contributed by atoms with Crippen molar-refractivity contribution in [1.29, 1.82) is 0 Å². The molecule has 0 aromatic heterocycles. The SMILES string of the molecule is CC(=O)c1ccc(OCC(=O)Nc2ccc(C)c(S(=O)(=O)N3CCOCC3)c2)cc1. The number of carbonyl (C=O) groups is 2. The van der Waals surface area contributed by atoms with Crippen molar-refractivity contribution >= 4 is 27.4 Å². The molecule has 1 fully saturated rings. The van der Waals surface area contributed by atoms with Crippen LogP contribution in [0.1, 0.15) is 22.8 Å². The summed E-state index contributed by atoms with van der Waals surface area (Å²) in [4.78, 5) is 23.7. The summed E-state index contributed by atoms with van der Waals surface area (Å²) in [7, 11) is -3.67. The van der Waals surface area contributed by atoms with Gasteiger partial charge in [0.1, 0.15) is 5.75 Å². The van der Waals surface area contributed by atoms with Crippen molar-refractivity contribution in [2.75, 3.05) is 38.2 Å². The first-order valence-corrected chi connectivity index (χ1v) is 10.9. The first-order chi connectivity index (χ1) is 14.3. The minimum atomic E-state index is -3.67. The molecule has 1 aliphatic heterocycles. The first-order valence-electron chi connectivity index (χ1n) is 9.49. The smallest absolute Gasteiger partial charge is 0.262 e. The van der Waals surface area contributed by atoms with E-state index in [0.29, 0.717) is 48.9 Å². The second-order valence-electron chi connectivity index (χ2n) is 6.91. The van der Waals surface area contributed by atoms with Gasteiger partial charge in [-0.05, 0) is 55.8 Å². The zero-order chi connectivity index (χ0) is 21.7. The number of morpholine rings is 1. The van der Waals surface area contributed by atoms with E-state index in [1.165, 1.54) is 17.3 Å². The summed E-state index contributed by atoms with van der Waals surface area (Å²) in [5, 5.41) is 2.66. The van der Waals surface area contributed by atoms with Crippen LogP contribution in [0.15, 0.2) is 47.4 Å². The van der Waals surface area contributed by atoms with Crippen LogP contribution >= 0.6 is 0 Å². The van der Waals surface area contributed by atoms with Crippen molar-refractivity contribution in [2.24, 2.45) is 0 Å². The van der Waals surface area contributed by atoms with E-state index in [1.807, 2.05) is 0 Å². The molecule has 1 N–H and O–H groups in total. The highest BCUT2D eigenvalue weighted by atomic mass is 32.2. The number of nitrogens with one attached hydrogen (secondary N) is 1. The largest absolute Gasteiger partial charge is 0.484 e. The van der Waals surface area contributed by atoms with Gasteiger partial charge in [-0.25, -0.2) is 8.42 Å². The molecule has 0 radical (unpaired) electrons. The Hall–Kier alpha value is -2.75. The van der Waals surface area contributed by atoms with E-state index in [2.05, 4.69) is 5.32 Å². The van der Waals surface area contributed by atoms with Crippen LogP contribution in [0, 0.1) is 6.92 Å². The number of Topliss-reactive ketones (excluding diaryl/α,β-unsaturated/α-hetero) is 1. The number of rotatable bonds is 7. The molecule has 2 aromatic rings. The van der Waals surface area contributed by atoms with Crippen LogP contribution in [0.4, 0.5) is 5.69 Å². The van der Waals surface area contributed by atoms with Crippen molar-refractivity contribution in [2.45, 2.75) is 18.7 Å². The van der Waals surface area contributed by atoms with Gasteiger partial charge in [0.15, 0.2) is 12.4 Å². The van der Waals surface area contributed by atoms with Gasteiger partial charge < -0.3 is 14.8 Å². The van der Waals surface area contributed by atoms with Gasteiger partial charge in [0.2, 0.25) is 10.0 Å². The molecule has 3 rings (SSSR count). The molecule has 0 bridgehead atoms. The lowest BCUT2D eigenvalue weighted by Gasteiger charge is -2.26. The summed E-state index contributed by atoms with van der Waals surface area (Å²) in [5.74, 6) is -0.0274. The van der Waals surface area contributed by atoms with E-state index in [9.17, 15) is 18.0 Å². The second kappa shape index (κ2) is 9.38. The molecule has 0 atom stereocenters. The van der Waals surface area contributed by atoms with Crippen LogP contribution in [0.25, 0.3) is 0 Å². The number of carbonyl (C=O) groups excluding carboxylic acids is 2. The van der Waals surface area contributed by atoms with Crippen molar-refractivity contribution in [1.82, 2.24) is 4.31 Å². The topological polar surface area (TPSA) is 102 Å². The summed E-state index contributed by atoms with van der Waals surface area (Å²) in [6.07, 6.45) is 0. The maximum Gasteiger partial charge on any atom is 0.262 e. The standard InChI is InChI=1S/C21H24N2O6S/c1-15-3-6-18(13-20(15)30(26,27)23-9-11-28-12-10-23)22-21(25)14-29-19-7-4-17(5-8-19)16(2)24/h3-8,13H,9-12,14H2,1-2H3,(H,22,25). The number of ketones is 1. The maximum absolute atomic E-state index is 12.9. The van der Waals surface area contributed by atoms with Gasteiger partial charge >= 0.3 is 0 Å². The number of amides is 1. The van der Waals surface area contributed by atoms with Crippen LogP contribution < -0.4 is 10.1 Å². The number of sulfonamides is 1. The van der Waals surface area contributed by atoms with Gasteiger partial charge in [0, 0.05) is 24.3 Å². The van der Waals surface area contributed by atoms with Gasteiger partial charge in [0.25, 0.3) is 5.91 Å². The number of nitrogens with zero attached hydrogens (tertiary/aromatic N) is 1. The van der Waals surface area contributed by atoms with Crippen molar-refractivity contribution < 1.29 is 27.5 Å². The molecule has 9 heteroatoms. The van der Waals surface area contributed by atoms with E-state index in [-0.39, 0.29) is 17.3 Å². The minimum Gasteiger partial charge on any atom is -0.484 e. The predicted molar refractivity (Wildman–Crippen MR) is 111 cm³/mol. The quantitative estimate of drug-likeness (QED) is 0.674. The average molecular weight is 432 g/mol. The Morgan fingerprint density at radius 2 is 1.77 bits per heavy atom. The van der Waals surface area contributed by atoms with Gasteiger partial charge in [-0.15, -0.1) is 0 Å². The van der Waals surface area contributed by atoms with E-state index < -0.39 is 15.9 Å². The normalized spacial score (nSPS) is 14.9. The second-order valence-corrected chi connectivity index (χ2v) is 8.82. The molecule has 1 aliphatic rings. The Bertz CT molecular complexity index is 1030. The molecule has 1 saturated heterocycles. The monoisotopic (exact) mass is 432 g/mol. The fourth-order valence-electron chi connectivity index (χ4n) is 3.01. The van der Waals surface area contributed by atoms with Gasteiger partial charge in [0.05, 0.1) is 18.1 Å². The molecular weight excluding hydrogens is 408 g/mol. The first kappa shape index (κ1) is 21.9. The zero-order valence-corrected chi connectivity index (χ0v) is 17.7. The number of ether oxygens (including phenoxy) is 2. The Morgan fingerprint density at radius 3 is 2.40 bits per heavy atom. The van der Waals surface area contributed by atoms with Gasteiger partial charge in [-0.1, -0.05) is 6.07 Å². The third-order valence-electron chi connectivity index (χ3n) is 4.69. The highest BCUT2D eigenvalue weighted by molar-refractivity contribution is 7.89. The lowest BCUT2D eigenvalue weighted by Crippen LogP contribution is -2.40. The fourth-order valence-corrected chi connectivity index (χ4v) is 4.67. The lowest BCUT2D eigenvalue weighted by atomic mass is 10.1. The Kier molecular flexibility index (Phi) is 6.86. The van der Waals surface area contributed by atoms with Crippen LogP contribution in [-0.4, -0.2) is 57.3 Å². The number of anilines is 1. The highest BCUT2D eigenvalue weighted by Crippen LogP contribution is 2.24. The maximum atomic E-state index is 12.9. The van der Waals surface area contributed by atoms with Crippen molar-refractivity contribution in [3.05, 3.63) is 53.6 Å². The predicted octanol–water partition coefficient (Wildman–Crippen LogP) is 2.24. The van der Waals surface area contributed by atoms with Crippen LogP contribution in [-0.2, 0) is 19.6 Å². The Morgan fingerprint density at radius 1 is 1.10 bits per heavy atom. The van der Waals surface area contributed by atoms with Crippen LogP contribution in [0.2, 0.25) is 0 Å². The third-order valence-corrected chi connectivity index (χ3v) is 6.73. The molecule has 0 aliphatic carbocycles. The molecule has 30 heavy (non-hydrogen) atoms. The summed E-state index contributed by atoms with van der Waals surface area (Å²) in [6.45, 7) is 4.26. The van der Waals surface area contributed by atoms with Crippen molar-refractivity contribution in [3.63, 3.8) is 0 Å². The summed E-state index contributed by atoms with van der Waals surface area (Å²) < 4.78 is 37.9. The van der Waals surface area contributed by atoms with Gasteiger partial charge in [-0.3, -0.25) is 9.59 Å². The molecule has 160 valence electrons. The summed E-state index contributed by atoms with van der Waals surface area (Å²) in [5.41, 5.74) is 1.52. The fraction of sp³-hybridized carbons (Fsp3) is 0.333. The Balaban J connectivity index is 1.65. The Labute approximate surface area is 175 Å². The molecule has 2 aromatic carbocycles. The number of aryl methyl sites for hydroxylation is 1. The number of benzene rings is 2. The molecule has 0 saturated carbocycles. The van der Waals surface area contributed by atoms with Crippen LogP contribution in [0.5, 0.6) is 5.75 Å². The van der Waals surface area contributed by atoms with E-state index in [1.54, 1.807) is 43.3 Å². The molecule has 8 nitrogen and oxygen atoms in total. The number of hydrogen-bond donors (Lipinski definition) is 1. The average Bonchev–Trinajstić information content (AvgIpc) is 2.74. The highest BCUT2D eigenvalue weighted by Gasteiger charge is 2.28. The molecule has 1 amide bonds. The lowest BCUT2D eigenvalue weighted by molar-refractivity contribution is -0.118. The third kappa shape index (κ3) is 5.24. The van der Waals surface area contributed by atoms with E-state index >= 15 is 0 Å². The van der Waals surface area contributed by atoms with E-state index in [4.69, 9.17) is 9.47 Å². The van der Waals surface area contributed by atoms with E-state index in [0.717, 1.165) is 0 Å². The molecule has 0 spiro atoms. The summed E-state index contributed by atoms with van der Waals surface area (Å²) in [6, 6.07) is 11.2. The molecule has 1 heterocycles. The minimum absolute atomic E-state index is 0.0542. The molecular formula is C21H24N2O6S. The van der Waals surface area contributed by atoms with Crippen LogP contribution in [0.3, 0.4) is 0 Å². The summed E-state index contributed by atoms with van der Waals surface area (Å²) >= 11 is 0. The molecule has 0 unspecified atom stereocenters. The number of hydrogen-bond acceptors (Lipinski definition) is 6. The van der Waals surface area contributed by atoms with Gasteiger partial charge in [-0.2, -0.15) is 4.31 Å².